The molecule has 5 heteroatoms. The van der Waals surface area contributed by atoms with Gasteiger partial charge >= 0.3 is 6.18 Å². The van der Waals surface area contributed by atoms with E-state index in [-0.39, 0.29) is 10.9 Å². The second-order valence-electron chi connectivity index (χ2n) is 8.65. The molecule has 1 heterocycles. The summed E-state index contributed by atoms with van der Waals surface area (Å²) in [6.07, 6.45) is 6.05. The largest absolute Gasteiger partial charge is 0.417 e. The Morgan fingerprint density at radius 1 is 0.939 bits per heavy atom. The number of aromatic nitrogens is 1. The molecule has 0 aliphatic carbocycles. The maximum atomic E-state index is 13.4. The zero-order chi connectivity index (χ0) is 24.0. The van der Waals surface area contributed by atoms with Crippen molar-refractivity contribution in [1.82, 2.24) is 4.90 Å². The van der Waals surface area contributed by atoms with Gasteiger partial charge in [-0.3, -0.25) is 0 Å². The Labute approximate surface area is 195 Å². The van der Waals surface area contributed by atoms with Crippen LogP contribution in [0.1, 0.15) is 55.9 Å². The fourth-order valence-corrected chi connectivity index (χ4v) is 4.46. The molecule has 0 saturated carbocycles. The van der Waals surface area contributed by atoms with Gasteiger partial charge in [-0.05, 0) is 66.9 Å². The van der Waals surface area contributed by atoms with Gasteiger partial charge in [-0.25, -0.2) is 4.57 Å². The normalized spacial score (nSPS) is 13.3. The summed E-state index contributed by atoms with van der Waals surface area (Å²) in [5, 5.41) is 0.843. The first-order valence-electron chi connectivity index (χ1n) is 11.7. The van der Waals surface area contributed by atoms with E-state index in [9.17, 15) is 13.2 Å². The zero-order valence-corrected chi connectivity index (χ0v) is 20.0. The molecule has 3 rings (SSSR count). The third-order valence-electron chi connectivity index (χ3n) is 6.39. The SMILES string of the molecule is CCN(CC)C(C)CCC[n+]1ccc(/C=C/c2ccc3c(C(F)(F)F)c(C)ccc3c2)cc1. The van der Waals surface area contributed by atoms with Gasteiger partial charge < -0.3 is 4.90 Å². The van der Waals surface area contributed by atoms with Gasteiger partial charge in [-0.2, -0.15) is 13.2 Å². The summed E-state index contributed by atoms with van der Waals surface area (Å²) < 4.78 is 42.5. The van der Waals surface area contributed by atoms with Crippen molar-refractivity contribution in [3.05, 3.63) is 77.1 Å². The van der Waals surface area contributed by atoms with Gasteiger partial charge in [0.2, 0.25) is 0 Å². The van der Waals surface area contributed by atoms with Gasteiger partial charge in [0.05, 0.1) is 5.56 Å². The van der Waals surface area contributed by atoms with Crippen molar-refractivity contribution in [3.8, 4) is 0 Å². The van der Waals surface area contributed by atoms with E-state index in [2.05, 4.69) is 54.8 Å². The molecular weight excluding hydrogens is 421 g/mol. The van der Waals surface area contributed by atoms with Gasteiger partial charge in [-0.15, -0.1) is 0 Å². The molecule has 2 aromatic carbocycles. The number of rotatable bonds is 9. The summed E-state index contributed by atoms with van der Waals surface area (Å²) in [6, 6.07) is 13.1. The van der Waals surface area contributed by atoms with E-state index in [1.807, 2.05) is 12.2 Å². The first kappa shape index (κ1) is 25.0. The summed E-state index contributed by atoms with van der Waals surface area (Å²) in [5.41, 5.74) is 1.64. The van der Waals surface area contributed by atoms with Crippen molar-refractivity contribution in [3.63, 3.8) is 0 Å². The molecule has 0 N–H and O–H groups in total. The van der Waals surface area contributed by atoms with E-state index in [4.69, 9.17) is 0 Å². The number of nitrogens with zero attached hydrogens (tertiary/aromatic N) is 2. The minimum absolute atomic E-state index is 0.246. The molecular formula is C28H34F3N2+. The maximum Gasteiger partial charge on any atom is 0.417 e. The lowest BCUT2D eigenvalue weighted by molar-refractivity contribution is -0.697. The van der Waals surface area contributed by atoms with Crippen LogP contribution in [0.2, 0.25) is 0 Å². The number of halogens is 3. The van der Waals surface area contributed by atoms with Crippen LogP contribution in [0, 0.1) is 6.92 Å². The summed E-state index contributed by atoms with van der Waals surface area (Å²) in [7, 11) is 0. The minimum Gasteiger partial charge on any atom is -0.301 e. The van der Waals surface area contributed by atoms with E-state index in [1.165, 1.54) is 19.4 Å². The summed E-state index contributed by atoms with van der Waals surface area (Å²) >= 11 is 0. The Balaban J connectivity index is 1.65. The van der Waals surface area contributed by atoms with Gasteiger partial charge in [0.1, 0.15) is 6.54 Å². The number of aryl methyl sites for hydroxylation is 2. The maximum absolute atomic E-state index is 13.4. The van der Waals surface area contributed by atoms with Crippen LogP contribution in [0.5, 0.6) is 0 Å². The Morgan fingerprint density at radius 2 is 1.61 bits per heavy atom. The molecule has 0 spiro atoms. The van der Waals surface area contributed by atoms with E-state index in [0.717, 1.165) is 37.2 Å². The van der Waals surface area contributed by atoms with Crippen molar-refractivity contribution in [1.29, 1.82) is 0 Å². The predicted molar refractivity (Wildman–Crippen MR) is 131 cm³/mol. The van der Waals surface area contributed by atoms with E-state index in [0.29, 0.717) is 11.4 Å². The lowest BCUT2D eigenvalue weighted by atomic mass is 9.97. The smallest absolute Gasteiger partial charge is 0.301 e. The third kappa shape index (κ3) is 6.44. The number of benzene rings is 2. The highest BCUT2D eigenvalue weighted by Crippen LogP contribution is 2.37. The first-order valence-corrected chi connectivity index (χ1v) is 11.7. The molecule has 1 aromatic heterocycles. The second kappa shape index (κ2) is 11.0. The highest BCUT2D eigenvalue weighted by molar-refractivity contribution is 5.90. The average Bonchev–Trinajstić information content (AvgIpc) is 2.78. The molecule has 176 valence electrons. The summed E-state index contributed by atoms with van der Waals surface area (Å²) in [5.74, 6) is 0. The fourth-order valence-electron chi connectivity index (χ4n) is 4.46. The van der Waals surface area contributed by atoms with Crippen molar-refractivity contribution in [2.24, 2.45) is 0 Å². The standard InChI is InChI=1S/C28H34F3N2/c1-5-33(6-2)22(4)8-7-17-32-18-15-23(16-19-32)10-11-24-12-14-26-25(20-24)13-9-21(3)27(26)28(29,30)31/h9-16,18-20,22H,5-8,17H2,1-4H3/q+1/b11-10+. The molecule has 0 aliphatic rings. The molecule has 0 amide bonds. The van der Waals surface area contributed by atoms with Gasteiger partial charge in [0.15, 0.2) is 12.4 Å². The summed E-state index contributed by atoms with van der Waals surface area (Å²) in [6.45, 7) is 11.4. The lowest BCUT2D eigenvalue weighted by Crippen LogP contribution is -2.36. The van der Waals surface area contributed by atoms with Gasteiger partial charge in [0.25, 0.3) is 0 Å². The highest BCUT2D eigenvalue weighted by Gasteiger charge is 2.34. The number of hydrogen-bond donors (Lipinski definition) is 0. The van der Waals surface area contributed by atoms with Crippen LogP contribution in [-0.2, 0) is 12.7 Å². The zero-order valence-electron chi connectivity index (χ0n) is 20.0. The van der Waals surface area contributed by atoms with E-state index < -0.39 is 11.7 Å². The number of pyridine rings is 1. The molecule has 3 aromatic rings. The van der Waals surface area contributed by atoms with Gasteiger partial charge in [-0.1, -0.05) is 50.3 Å². The average molecular weight is 456 g/mol. The fraction of sp³-hybridized carbons (Fsp3) is 0.393. The highest BCUT2D eigenvalue weighted by atomic mass is 19.4. The van der Waals surface area contributed by atoms with Crippen molar-refractivity contribution < 1.29 is 17.7 Å². The molecule has 1 unspecified atom stereocenters. The molecule has 0 aliphatic heterocycles. The van der Waals surface area contributed by atoms with E-state index >= 15 is 0 Å². The predicted octanol–water partition coefficient (Wildman–Crippen LogP) is 7.14. The van der Waals surface area contributed by atoms with Crippen LogP contribution in [0.25, 0.3) is 22.9 Å². The monoisotopic (exact) mass is 455 g/mol. The number of hydrogen-bond acceptors (Lipinski definition) is 1. The second-order valence-corrected chi connectivity index (χ2v) is 8.65. The molecule has 0 saturated heterocycles. The van der Waals surface area contributed by atoms with E-state index in [1.54, 1.807) is 24.3 Å². The number of alkyl halides is 3. The molecule has 0 bridgehead atoms. The Morgan fingerprint density at radius 3 is 2.24 bits per heavy atom. The van der Waals surface area contributed by atoms with Crippen LogP contribution in [0.4, 0.5) is 13.2 Å². The van der Waals surface area contributed by atoms with Crippen LogP contribution in [-0.4, -0.2) is 24.0 Å². The van der Waals surface area contributed by atoms with Crippen LogP contribution in [0.15, 0.2) is 54.9 Å². The van der Waals surface area contributed by atoms with Crippen LogP contribution in [0.3, 0.4) is 0 Å². The van der Waals surface area contributed by atoms with Crippen LogP contribution >= 0.6 is 0 Å². The van der Waals surface area contributed by atoms with Crippen molar-refractivity contribution >= 4 is 22.9 Å². The Kier molecular flexibility index (Phi) is 8.30. The van der Waals surface area contributed by atoms with Crippen LogP contribution < -0.4 is 4.57 Å². The lowest BCUT2D eigenvalue weighted by Gasteiger charge is -2.25. The first-order chi connectivity index (χ1) is 15.7. The van der Waals surface area contributed by atoms with Crippen molar-refractivity contribution in [2.45, 2.75) is 59.3 Å². The number of fused-ring (bicyclic) bond motifs is 1. The molecule has 0 radical (unpaired) electrons. The minimum atomic E-state index is -4.36. The molecule has 2 nitrogen and oxygen atoms in total. The molecule has 33 heavy (non-hydrogen) atoms. The molecule has 0 fully saturated rings. The van der Waals surface area contributed by atoms with Gasteiger partial charge in [0, 0.05) is 24.6 Å². The Bertz CT molecular complexity index is 1080. The molecule has 1 atom stereocenters. The quantitative estimate of drug-likeness (QED) is 0.311. The summed E-state index contributed by atoms with van der Waals surface area (Å²) in [4.78, 5) is 2.48. The van der Waals surface area contributed by atoms with Crippen molar-refractivity contribution in [2.75, 3.05) is 13.1 Å². The third-order valence-corrected chi connectivity index (χ3v) is 6.39. The Hall–Kier alpha value is -2.66. The topological polar surface area (TPSA) is 7.12 Å².